The fourth-order valence-corrected chi connectivity index (χ4v) is 1.52. The van der Waals surface area contributed by atoms with Gasteiger partial charge in [0.15, 0.2) is 0 Å². The normalized spacial score (nSPS) is 22.3. The van der Waals surface area contributed by atoms with Crippen LogP contribution in [0.2, 0.25) is 5.15 Å². The van der Waals surface area contributed by atoms with Crippen molar-refractivity contribution in [2.24, 2.45) is 0 Å². The van der Waals surface area contributed by atoms with E-state index in [1.54, 1.807) is 6.20 Å². The number of rotatable bonds is 1. The van der Waals surface area contributed by atoms with Crippen molar-refractivity contribution < 1.29 is 5.11 Å². The predicted molar refractivity (Wildman–Crippen MR) is 49.9 cm³/mol. The summed E-state index contributed by atoms with van der Waals surface area (Å²) in [7, 11) is 0. The van der Waals surface area contributed by atoms with Gasteiger partial charge in [-0.15, -0.1) is 0 Å². The van der Waals surface area contributed by atoms with Gasteiger partial charge in [-0.1, -0.05) is 11.6 Å². The Bertz CT molecular complexity index is 290. The summed E-state index contributed by atoms with van der Waals surface area (Å²) in [6.45, 7) is 1.47. The van der Waals surface area contributed by atoms with Crippen molar-refractivity contribution >= 4 is 17.4 Å². The van der Waals surface area contributed by atoms with Crippen molar-refractivity contribution in [1.82, 2.24) is 9.97 Å². The number of anilines is 1. The van der Waals surface area contributed by atoms with Crippen LogP contribution in [0.3, 0.4) is 0 Å². The van der Waals surface area contributed by atoms with Gasteiger partial charge in [-0.3, -0.25) is 0 Å². The highest BCUT2D eigenvalue weighted by molar-refractivity contribution is 6.29. The van der Waals surface area contributed by atoms with E-state index in [1.165, 1.54) is 6.20 Å². The lowest BCUT2D eigenvalue weighted by molar-refractivity contribution is 0.198. The SMILES string of the molecule is OC1CCN(c2cnc(Cl)cn2)C1. The van der Waals surface area contributed by atoms with Crippen LogP contribution in [0.1, 0.15) is 6.42 Å². The standard InChI is InChI=1S/C8H10ClN3O/c9-7-3-11-8(4-10-7)12-2-1-6(13)5-12/h3-4,6,13H,1-2,5H2. The summed E-state index contributed by atoms with van der Waals surface area (Å²) < 4.78 is 0. The molecule has 1 aromatic rings. The third kappa shape index (κ3) is 1.89. The van der Waals surface area contributed by atoms with E-state index in [1.807, 2.05) is 4.90 Å². The molecule has 1 fully saturated rings. The summed E-state index contributed by atoms with van der Waals surface area (Å²) in [5, 5.41) is 9.69. The van der Waals surface area contributed by atoms with Crippen molar-refractivity contribution in [3.63, 3.8) is 0 Å². The van der Waals surface area contributed by atoms with Crippen LogP contribution >= 0.6 is 11.6 Å². The lowest BCUT2D eigenvalue weighted by Gasteiger charge is -2.15. The molecule has 2 heterocycles. The van der Waals surface area contributed by atoms with Gasteiger partial charge in [0.1, 0.15) is 11.0 Å². The largest absolute Gasteiger partial charge is 0.391 e. The highest BCUT2D eigenvalue weighted by Gasteiger charge is 2.21. The maximum absolute atomic E-state index is 9.30. The molecule has 0 aliphatic carbocycles. The highest BCUT2D eigenvalue weighted by Crippen LogP contribution is 2.17. The molecule has 1 aromatic heterocycles. The number of β-amino-alcohol motifs (C(OH)–C–C–N with tert-alkyl or cyclic N) is 1. The number of aliphatic hydroxyl groups excluding tert-OH is 1. The van der Waals surface area contributed by atoms with Crippen LogP contribution in [-0.4, -0.2) is 34.3 Å². The first kappa shape index (κ1) is 8.72. The molecule has 0 saturated carbocycles. The molecule has 1 aliphatic heterocycles. The number of aliphatic hydroxyl groups is 1. The molecule has 2 rings (SSSR count). The van der Waals surface area contributed by atoms with Crippen molar-refractivity contribution in [2.45, 2.75) is 12.5 Å². The molecule has 5 heteroatoms. The van der Waals surface area contributed by atoms with Gasteiger partial charge in [0.25, 0.3) is 0 Å². The minimum Gasteiger partial charge on any atom is -0.391 e. The summed E-state index contributed by atoms with van der Waals surface area (Å²) in [4.78, 5) is 10.0. The molecule has 0 spiro atoms. The van der Waals surface area contributed by atoms with Gasteiger partial charge in [-0.05, 0) is 6.42 Å². The number of aromatic nitrogens is 2. The molecule has 0 bridgehead atoms. The van der Waals surface area contributed by atoms with Crippen LogP contribution in [0.25, 0.3) is 0 Å². The molecule has 13 heavy (non-hydrogen) atoms. The van der Waals surface area contributed by atoms with Gasteiger partial charge >= 0.3 is 0 Å². The van der Waals surface area contributed by atoms with Gasteiger partial charge in [0.2, 0.25) is 0 Å². The Kier molecular flexibility index (Phi) is 2.33. The van der Waals surface area contributed by atoms with Crippen molar-refractivity contribution in [1.29, 1.82) is 0 Å². The predicted octanol–water partition coefficient (Wildman–Crippen LogP) is 0.701. The first-order valence-electron chi connectivity index (χ1n) is 4.16. The van der Waals surface area contributed by atoms with Crippen molar-refractivity contribution in [3.8, 4) is 0 Å². The third-order valence-corrected chi connectivity index (χ3v) is 2.29. The van der Waals surface area contributed by atoms with Crippen LogP contribution < -0.4 is 4.90 Å². The van der Waals surface area contributed by atoms with Crippen LogP contribution in [-0.2, 0) is 0 Å². The first-order valence-corrected chi connectivity index (χ1v) is 4.54. The van der Waals surface area contributed by atoms with E-state index >= 15 is 0 Å². The second-order valence-electron chi connectivity index (χ2n) is 3.09. The Morgan fingerprint density at radius 2 is 2.31 bits per heavy atom. The quantitative estimate of drug-likeness (QED) is 0.724. The van der Waals surface area contributed by atoms with E-state index in [9.17, 15) is 5.11 Å². The van der Waals surface area contributed by atoms with Crippen LogP contribution in [0.15, 0.2) is 12.4 Å². The van der Waals surface area contributed by atoms with E-state index in [2.05, 4.69) is 9.97 Å². The molecular formula is C8H10ClN3O. The molecule has 0 amide bonds. The molecular weight excluding hydrogens is 190 g/mol. The minimum absolute atomic E-state index is 0.238. The minimum atomic E-state index is -0.238. The van der Waals surface area contributed by atoms with Crippen LogP contribution in [0, 0.1) is 0 Å². The van der Waals surface area contributed by atoms with E-state index in [0.717, 1.165) is 18.8 Å². The second-order valence-corrected chi connectivity index (χ2v) is 3.47. The first-order chi connectivity index (χ1) is 6.25. The zero-order valence-corrected chi connectivity index (χ0v) is 7.78. The Morgan fingerprint density at radius 1 is 1.46 bits per heavy atom. The molecule has 1 saturated heterocycles. The third-order valence-electron chi connectivity index (χ3n) is 2.09. The average Bonchev–Trinajstić information content (AvgIpc) is 2.53. The fourth-order valence-electron chi connectivity index (χ4n) is 1.42. The summed E-state index contributed by atoms with van der Waals surface area (Å²) in [6, 6.07) is 0. The number of halogens is 1. The second kappa shape index (κ2) is 3.47. The average molecular weight is 200 g/mol. The smallest absolute Gasteiger partial charge is 0.147 e. The van der Waals surface area contributed by atoms with E-state index in [0.29, 0.717) is 11.7 Å². The lowest BCUT2D eigenvalue weighted by Crippen LogP contribution is -2.22. The van der Waals surface area contributed by atoms with Crippen LogP contribution in [0.5, 0.6) is 0 Å². The zero-order valence-electron chi connectivity index (χ0n) is 7.02. The Hall–Kier alpha value is -0.870. The summed E-state index contributed by atoms with van der Waals surface area (Å²) in [5.41, 5.74) is 0. The van der Waals surface area contributed by atoms with Gasteiger partial charge in [0, 0.05) is 13.1 Å². The molecule has 1 unspecified atom stereocenters. The lowest BCUT2D eigenvalue weighted by atomic mass is 10.3. The fraction of sp³-hybridized carbons (Fsp3) is 0.500. The van der Waals surface area contributed by atoms with Gasteiger partial charge < -0.3 is 10.0 Å². The van der Waals surface area contributed by atoms with Crippen molar-refractivity contribution in [3.05, 3.63) is 17.5 Å². The van der Waals surface area contributed by atoms with E-state index in [4.69, 9.17) is 11.6 Å². The molecule has 0 aromatic carbocycles. The summed E-state index contributed by atoms with van der Waals surface area (Å²) in [6.07, 6.45) is 3.70. The van der Waals surface area contributed by atoms with Crippen LogP contribution in [0.4, 0.5) is 5.82 Å². The molecule has 1 atom stereocenters. The van der Waals surface area contributed by atoms with Crippen molar-refractivity contribution in [2.75, 3.05) is 18.0 Å². The number of nitrogens with zero attached hydrogens (tertiary/aromatic N) is 3. The monoisotopic (exact) mass is 199 g/mol. The zero-order chi connectivity index (χ0) is 9.26. The summed E-state index contributed by atoms with van der Waals surface area (Å²) in [5.74, 6) is 0.779. The van der Waals surface area contributed by atoms with E-state index in [-0.39, 0.29) is 6.10 Å². The number of hydrogen-bond acceptors (Lipinski definition) is 4. The van der Waals surface area contributed by atoms with Gasteiger partial charge in [-0.25, -0.2) is 9.97 Å². The molecule has 1 N–H and O–H groups in total. The topological polar surface area (TPSA) is 49.2 Å². The highest BCUT2D eigenvalue weighted by atomic mass is 35.5. The van der Waals surface area contributed by atoms with Gasteiger partial charge in [0.05, 0.1) is 18.5 Å². The Labute approximate surface area is 81.2 Å². The molecule has 1 aliphatic rings. The maximum Gasteiger partial charge on any atom is 0.147 e. The molecule has 4 nitrogen and oxygen atoms in total. The maximum atomic E-state index is 9.30. The van der Waals surface area contributed by atoms with Gasteiger partial charge in [-0.2, -0.15) is 0 Å². The summed E-state index contributed by atoms with van der Waals surface area (Å²) >= 11 is 5.61. The number of hydrogen-bond donors (Lipinski definition) is 1. The Morgan fingerprint density at radius 3 is 2.85 bits per heavy atom. The Balaban J connectivity index is 2.13. The molecule has 0 radical (unpaired) electrons. The van der Waals surface area contributed by atoms with E-state index < -0.39 is 0 Å². The molecule has 70 valence electrons.